The molecule has 10 aromatic rings. The van der Waals surface area contributed by atoms with Gasteiger partial charge in [-0.05, 0) is 0 Å². The van der Waals surface area contributed by atoms with Gasteiger partial charge in [0.1, 0.15) is 0 Å². The predicted octanol–water partition coefficient (Wildman–Crippen LogP) is 11.9. The van der Waals surface area contributed by atoms with Crippen molar-refractivity contribution >= 4 is 55.3 Å². The van der Waals surface area contributed by atoms with Crippen LogP contribution in [0, 0.1) is 0 Å². The minimum atomic E-state index is 0.106. The van der Waals surface area contributed by atoms with Crippen molar-refractivity contribution in [2.45, 2.75) is 0 Å². The fourth-order valence-electron chi connectivity index (χ4n) is 7.27. The minimum Gasteiger partial charge on any atom is -0.0617 e. The van der Waals surface area contributed by atoms with Gasteiger partial charge in [0.05, 0.1) is 0 Å². The van der Waals surface area contributed by atoms with Crippen molar-refractivity contribution in [1.29, 1.82) is 0 Å². The Morgan fingerprint density at radius 3 is 1.69 bits per heavy atom. The molecule has 0 radical (unpaired) electrons. The third kappa shape index (κ3) is 5.16. The number of aromatic nitrogens is 3. The van der Waals surface area contributed by atoms with Crippen LogP contribution < -0.4 is 0 Å². The summed E-state index contributed by atoms with van der Waals surface area (Å²) >= 11 is 0.106. The number of rotatable bonds is 5. The number of hydrogen-bond donors (Lipinski definition) is 0. The average molecular weight is 715 g/mol. The van der Waals surface area contributed by atoms with E-state index in [-0.39, 0.29) is 14.5 Å². The summed E-state index contributed by atoms with van der Waals surface area (Å²) in [4.78, 5) is 15.6. The van der Waals surface area contributed by atoms with E-state index in [4.69, 9.17) is 15.0 Å². The molecule has 10 rings (SSSR count). The number of nitrogens with zero attached hydrogens (tertiary/aromatic N) is 3. The molecule has 0 amide bonds. The van der Waals surface area contributed by atoms with Gasteiger partial charge in [-0.2, -0.15) is 0 Å². The van der Waals surface area contributed by atoms with Crippen LogP contribution in [-0.4, -0.2) is 29.5 Å². The Bertz CT molecular complexity index is 2900. The number of hydrogen-bond acceptors (Lipinski definition) is 3. The first-order valence-electron chi connectivity index (χ1n) is 17.1. The normalized spacial score (nSPS) is 11.5. The van der Waals surface area contributed by atoms with Crippen LogP contribution in [0.15, 0.2) is 176 Å². The monoisotopic (exact) mass is 715 g/mol. The summed E-state index contributed by atoms with van der Waals surface area (Å²) in [5.74, 6) is 1.99. The van der Waals surface area contributed by atoms with Gasteiger partial charge in [0.15, 0.2) is 0 Å². The Hall–Kier alpha value is -6.19. The molecule has 4 heteroatoms. The van der Waals surface area contributed by atoms with Gasteiger partial charge in [-0.3, -0.25) is 0 Å². The Morgan fingerprint density at radius 1 is 0.314 bits per heavy atom. The zero-order chi connectivity index (χ0) is 33.7. The Kier molecular flexibility index (Phi) is 7.16. The Balaban J connectivity index is 1.28. The van der Waals surface area contributed by atoms with Crippen LogP contribution in [0.2, 0.25) is 0 Å². The summed E-state index contributed by atoms with van der Waals surface area (Å²) < 4.78 is 2.85. The van der Waals surface area contributed by atoms with Gasteiger partial charge in [-0.15, -0.1) is 0 Å². The summed E-state index contributed by atoms with van der Waals surface area (Å²) in [5, 5.41) is 7.53. The van der Waals surface area contributed by atoms with Crippen LogP contribution in [0.4, 0.5) is 0 Å². The van der Waals surface area contributed by atoms with Crippen molar-refractivity contribution in [3.63, 3.8) is 0 Å². The first kappa shape index (κ1) is 29.7. The molecule has 0 saturated heterocycles. The van der Waals surface area contributed by atoms with E-state index >= 15 is 0 Å². The van der Waals surface area contributed by atoms with E-state index in [1.807, 2.05) is 24.3 Å². The Labute approximate surface area is 301 Å². The molecule has 51 heavy (non-hydrogen) atoms. The second kappa shape index (κ2) is 12.3. The maximum absolute atomic E-state index is 5.29. The van der Waals surface area contributed by atoms with Gasteiger partial charge < -0.3 is 0 Å². The van der Waals surface area contributed by atoms with Gasteiger partial charge in [-0.25, -0.2) is 0 Å². The van der Waals surface area contributed by atoms with E-state index in [0.717, 1.165) is 33.2 Å². The standard InChI is InChI=1S/C47H29N3Se/c1-4-14-30(15-5-1)34-21-12-22-35(28-34)46-48-45(33-19-8-3-9-20-33)49-47(50-46)41-29-40-39-25-13-24-37(31-16-6-2-7-17-31)43(39)51-44(40)42-36-23-11-10-18-32(36)26-27-38(41)42/h1-29H. The van der Waals surface area contributed by atoms with E-state index in [1.165, 1.54) is 46.6 Å². The molecule has 0 fully saturated rings. The molecule has 0 saturated carbocycles. The third-order valence-electron chi connectivity index (χ3n) is 9.71. The van der Waals surface area contributed by atoms with Gasteiger partial charge in [0, 0.05) is 0 Å². The summed E-state index contributed by atoms with van der Waals surface area (Å²) in [6.07, 6.45) is 0. The summed E-state index contributed by atoms with van der Waals surface area (Å²) in [7, 11) is 0. The van der Waals surface area contributed by atoms with Crippen LogP contribution >= 0.6 is 0 Å². The molecule has 0 N–H and O–H groups in total. The summed E-state index contributed by atoms with van der Waals surface area (Å²) in [6, 6.07) is 62.4. The van der Waals surface area contributed by atoms with E-state index < -0.39 is 0 Å². The van der Waals surface area contributed by atoms with Crippen LogP contribution in [0.1, 0.15) is 0 Å². The fraction of sp³-hybridized carbons (Fsp3) is 0. The molecule has 2 heterocycles. The summed E-state index contributed by atoms with van der Waals surface area (Å²) in [6.45, 7) is 0. The fourth-order valence-corrected chi connectivity index (χ4v) is 10.2. The van der Waals surface area contributed by atoms with Crippen LogP contribution in [0.3, 0.4) is 0 Å². The SMILES string of the molecule is c1ccc(-c2cccc(-c3nc(-c4ccccc4)nc(-c4cc5c6cccc(-c7ccccc7)c6[se]c5c5c4ccc4ccccc45)n3)c2)cc1. The molecule has 2 aromatic heterocycles. The molecule has 0 atom stereocenters. The van der Waals surface area contributed by atoms with E-state index in [0.29, 0.717) is 17.5 Å². The van der Waals surface area contributed by atoms with Crippen LogP contribution in [0.5, 0.6) is 0 Å². The second-order valence-electron chi connectivity index (χ2n) is 12.8. The van der Waals surface area contributed by atoms with Crippen LogP contribution in [-0.2, 0) is 0 Å². The van der Waals surface area contributed by atoms with Crippen molar-refractivity contribution in [1.82, 2.24) is 15.0 Å². The van der Waals surface area contributed by atoms with Gasteiger partial charge in [0.25, 0.3) is 0 Å². The van der Waals surface area contributed by atoms with Crippen molar-refractivity contribution in [3.05, 3.63) is 176 Å². The summed E-state index contributed by atoms with van der Waals surface area (Å²) in [5.41, 5.74) is 7.77. The zero-order valence-electron chi connectivity index (χ0n) is 27.5. The van der Waals surface area contributed by atoms with Crippen molar-refractivity contribution in [3.8, 4) is 56.4 Å². The topological polar surface area (TPSA) is 38.7 Å². The first-order chi connectivity index (χ1) is 25.3. The average Bonchev–Trinajstić information content (AvgIpc) is 3.60. The van der Waals surface area contributed by atoms with E-state index in [2.05, 4.69) is 152 Å². The van der Waals surface area contributed by atoms with E-state index in [9.17, 15) is 0 Å². The molecule has 0 bridgehead atoms. The molecular formula is C47H29N3Se. The minimum absolute atomic E-state index is 0.106. The maximum atomic E-state index is 5.29. The third-order valence-corrected chi connectivity index (χ3v) is 12.4. The molecule has 0 spiro atoms. The molecule has 238 valence electrons. The zero-order valence-corrected chi connectivity index (χ0v) is 29.2. The quantitative estimate of drug-likeness (QED) is 0.132. The number of fused-ring (bicyclic) bond motifs is 7. The molecule has 8 aromatic carbocycles. The predicted molar refractivity (Wildman–Crippen MR) is 214 cm³/mol. The molecule has 3 nitrogen and oxygen atoms in total. The number of benzene rings is 8. The van der Waals surface area contributed by atoms with Crippen LogP contribution in [0.25, 0.3) is 97.3 Å². The molecular weight excluding hydrogens is 685 g/mol. The first-order valence-corrected chi connectivity index (χ1v) is 18.8. The Morgan fingerprint density at radius 2 is 0.902 bits per heavy atom. The van der Waals surface area contributed by atoms with Crippen molar-refractivity contribution in [2.75, 3.05) is 0 Å². The van der Waals surface area contributed by atoms with E-state index in [1.54, 1.807) is 0 Å². The molecule has 0 aliphatic rings. The van der Waals surface area contributed by atoms with Gasteiger partial charge in [-0.1, -0.05) is 18.2 Å². The smallest absolute Gasteiger partial charge is 0.0617 e. The molecule has 0 aliphatic heterocycles. The molecule has 0 aliphatic carbocycles. The molecule has 0 unspecified atom stereocenters. The van der Waals surface area contributed by atoms with Gasteiger partial charge in [0.2, 0.25) is 0 Å². The van der Waals surface area contributed by atoms with Crippen molar-refractivity contribution in [2.24, 2.45) is 0 Å². The van der Waals surface area contributed by atoms with Crippen molar-refractivity contribution < 1.29 is 0 Å². The van der Waals surface area contributed by atoms with Gasteiger partial charge >= 0.3 is 284 Å². The second-order valence-corrected chi connectivity index (χ2v) is 14.9.